The van der Waals surface area contributed by atoms with Crippen molar-refractivity contribution in [2.45, 2.75) is 81.5 Å². The Labute approximate surface area is 192 Å². The molecule has 0 bridgehead atoms. The highest BCUT2D eigenvalue weighted by molar-refractivity contribution is 6.70. The van der Waals surface area contributed by atoms with Gasteiger partial charge in [-0.05, 0) is 39.3 Å². The van der Waals surface area contributed by atoms with Crippen LogP contribution >= 0.6 is 0 Å². The van der Waals surface area contributed by atoms with Gasteiger partial charge in [0, 0.05) is 0 Å². The molecule has 0 aliphatic carbocycles. The Morgan fingerprint density at radius 3 is 1.17 bits per heavy atom. The van der Waals surface area contributed by atoms with Crippen molar-refractivity contribution in [3.63, 3.8) is 0 Å². The number of hydrogen-bond acceptors (Lipinski definition) is 4. The summed E-state index contributed by atoms with van der Waals surface area (Å²) in [4.78, 5) is 0. The van der Waals surface area contributed by atoms with E-state index in [0.717, 1.165) is 39.3 Å². The quantitative estimate of drug-likeness (QED) is 0.182. The van der Waals surface area contributed by atoms with Gasteiger partial charge in [0.25, 0.3) is 0 Å². The smallest absolute Gasteiger partial charge is 0.411 e. The molecule has 0 aromatic rings. The molecule has 212 valence electrons. The lowest BCUT2D eigenvalue weighted by Gasteiger charge is -2.41. The summed E-state index contributed by atoms with van der Waals surface area (Å²) in [5, 5.41) is 0. The average molecular weight is 588 g/mol. The van der Waals surface area contributed by atoms with E-state index in [4.69, 9.17) is 0 Å². The normalized spacial score (nSPS) is 18.9. The first kappa shape index (κ1) is 34.3. The number of ether oxygens (including phenoxy) is 2. The van der Waals surface area contributed by atoms with E-state index in [0.29, 0.717) is 0 Å². The van der Waals surface area contributed by atoms with Crippen LogP contribution in [0.1, 0.15) is 0 Å². The van der Waals surface area contributed by atoms with Crippen LogP contribution < -0.4 is 0 Å². The average Bonchev–Trinajstić information content (AvgIpc) is 2.54. The van der Waals surface area contributed by atoms with Gasteiger partial charge in [-0.25, -0.2) is 0 Å². The van der Waals surface area contributed by atoms with E-state index in [1.807, 2.05) is 0 Å². The highest BCUT2D eigenvalue weighted by Crippen LogP contribution is 2.54. The van der Waals surface area contributed by atoms with E-state index in [9.17, 15) is 61.5 Å². The van der Waals surface area contributed by atoms with E-state index >= 15 is 0 Å². The van der Waals surface area contributed by atoms with E-state index in [1.165, 1.54) is 0 Å². The van der Waals surface area contributed by atoms with Gasteiger partial charge in [0.1, 0.15) is 13.2 Å². The molecule has 0 amide bonds. The molecule has 0 radical (unpaired) electrons. The molecule has 0 N–H and O–H groups in total. The van der Waals surface area contributed by atoms with Crippen molar-refractivity contribution in [3.05, 3.63) is 0 Å². The molecule has 2 atom stereocenters. The summed E-state index contributed by atoms with van der Waals surface area (Å²) < 4.78 is 203. The van der Waals surface area contributed by atoms with Gasteiger partial charge >= 0.3 is 42.2 Å². The van der Waals surface area contributed by atoms with E-state index in [2.05, 4.69) is 18.3 Å². The fourth-order valence-corrected chi connectivity index (χ4v) is 2.90. The van der Waals surface area contributed by atoms with Crippen molar-refractivity contribution in [3.8, 4) is 0 Å². The molecular weight excluding hydrogens is 566 g/mol. The molecule has 0 aromatic heterocycles. The first-order valence-corrected chi connectivity index (χ1v) is 16.0. The zero-order valence-electron chi connectivity index (χ0n) is 18.8. The topological polar surface area (TPSA) is 36.9 Å². The van der Waals surface area contributed by atoms with E-state index in [-0.39, 0.29) is 0 Å². The fraction of sp³-hybridized carbons (Fsp3) is 1.00. The van der Waals surface area contributed by atoms with Gasteiger partial charge < -0.3 is 8.85 Å². The minimum absolute atomic E-state index is 1.07. The number of rotatable bonds is 12. The number of hydrogen-bond donors (Lipinski definition) is 0. The van der Waals surface area contributed by atoms with Crippen LogP contribution in [0, 0.1) is 0 Å². The molecule has 4 nitrogen and oxygen atoms in total. The fourth-order valence-electron chi connectivity index (χ4n) is 1.67. The monoisotopic (exact) mass is 588 g/mol. The third-order valence-corrected chi connectivity index (χ3v) is 5.54. The Bertz CT molecular complexity index is 716. The van der Waals surface area contributed by atoms with Gasteiger partial charge in [0.2, 0.25) is 0 Å². The lowest BCUT2D eigenvalue weighted by Crippen LogP contribution is -2.67. The minimum Gasteiger partial charge on any atom is -0.411 e. The van der Waals surface area contributed by atoms with Crippen LogP contribution in [0.3, 0.4) is 0 Å². The van der Waals surface area contributed by atoms with Crippen molar-refractivity contribution in [2.75, 3.05) is 13.2 Å². The van der Waals surface area contributed by atoms with Crippen molar-refractivity contribution in [1.29, 1.82) is 0 Å². The van der Waals surface area contributed by atoms with E-state index < -0.39 is 72.1 Å². The second kappa shape index (κ2) is 9.88. The lowest BCUT2D eigenvalue weighted by molar-refractivity contribution is -0.543. The Morgan fingerprint density at radius 2 is 0.857 bits per heavy atom. The van der Waals surface area contributed by atoms with Crippen molar-refractivity contribution in [1.82, 2.24) is 0 Å². The van der Waals surface area contributed by atoms with Crippen LogP contribution in [0.5, 0.6) is 0 Å². The molecule has 0 saturated heterocycles. The van der Waals surface area contributed by atoms with E-state index in [1.54, 1.807) is 0 Å². The molecule has 20 heteroatoms. The minimum atomic E-state index is -7.46. The maximum atomic E-state index is 14.3. The summed E-state index contributed by atoms with van der Waals surface area (Å²) in [5.41, 5.74) is 0. The molecule has 2 unspecified atom stereocenters. The van der Waals surface area contributed by atoms with Gasteiger partial charge in [-0.15, -0.1) is 0 Å². The van der Waals surface area contributed by atoms with Crippen LogP contribution in [0.2, 0.25) is 39.3 Å². The summed E-state index contributed by atoms with van der Waals surface area (Å²) in [5.74, 6) is -19.2. The summed E-state index contributed by atoms with van der Waals surface area (Å²) in [6.07, 6.45) is -28.2. The van der Waals surface area contributed by atoms with Gasteiger partial charge in [0.15, 0.2) is 16.6 Å². The summed E-state index contributed by atoms with van der Waals surface area (Å²) >= 11 is 0. The molecule has 0 saturated carbocycles. The van der Waals surface area contributed by atoms with Gasteiger partial charge in [-0.1, -0.05) is 0 Å². The summed E-state index contributed by atoms with van der Waals surface area (Å²) in [6, 6.07) is 0. The molecule has 0 rings (SSSR count). The first-order chi connectivity index (χ1) is 14.8. The van der Waals surface area contributed by atoms with Crippen LogP contribution in [0.25, 0.3) is 0 Å². The standard InChI is InChI=1S/C15H22F14O4Si2/c1-34(2,3)30-7-9(16,17)14(26,27)33-11(19,13(23,24)25)15(28,29)32-10(18,12(20,21)22)8-31-35(4,5)6/h7-8H2,1-6H3. The first-order valence-electron chi connectivity index (χ1n) is 9.15. The summed E-state index contributed by atoms with van der Waals surface area (Å²) in [6.45, 7) is 1.61. The maximum absolute atomic E-state index is 14.3. The number of halogens is 14. The third kappa shape index (κ3) is 8.68. The molecule has 0 spiro atoms. The maximum Gasteiger partial charge on any atom is 0.458 e. The van der Waals surface area contributed by atoms with Crippen LogP contribution in [-0.4, -0.2) is 72.1 Å². The molecular formula is C15H22F14O4Si2. The third-order valence-electron chi connectivity index (χ3n) is 3.52. The van der Waals surface area contributed by atoms with Crippen molar-refractivity contribution < 1.29 is 79.8 Å². The second-order valence-electron chi connectivity index (χ2n) is 9.06. The molecule has 0 aromatic carbocycles. The van der Waals surface area contributed by atoms with Gasteiger partial charge in [-0.3, -0.25) is 9.47 Å². The molecule has 0 aliphatic rings. The predicted molar refractivity (Wildman–Crippen MR) is 95.4 cm³/mol. The van der Waals surface area contributed by atoms with Crippen LogP contribution in [0.15, 0.2) is 0 Å². The van der Waals surface area contributed by atoms with Gasteiger partial charge in [-0.2, -0.15) is 61.5 Å². The van der Waals surface area contributed by atoms with Gasteiger partial charge in [0.05, 0.1) is 0 Å². The van der Waals surface area contributed by atoms with Crippen LogP contribution in [-0.2, 0) is 18.3 Å². The van der Waals surface area contributed by atoms with Crippen molar-refractivity contribution >= 4 is 16.6 Å². The predicted octanol–water partition coefficient (Wildman–Crippen LogP) is 7.00. The molecule has 0 heterocycles. The van der Waals surface area contributed by atoms with Crippen LogP contribution in [0.4, 0.5) is 61.5 Å². The molecule has 0 fully saturated rings. The molecule has 35 heavy (non-hydrogen) atoms. The van der Waals surface area contributed by atoms with Crippen molar-refractivity contribution in [2.24, 2.45) is 0 Å². The zero-order chi connectivity index (χ0) is 28.7. The SMILES string of the molecule is C[Si](C)(C)OCC(F)(F)C(F)(F)OC(F)(C(F)(F)F)C(F)(F)OC(F)(CO[Si](C)(C)C)C(F)(F)F. The largest absolute Gasteiger partial charge is 0.458 e. The summed E-state index contributed by atoms with van der Waals surface area (Å²) in [7, 11) is -6.33. The second-order valence-corrected chi connectivity index (χ2v) is 18.1. The highest BCUT2D eigenvalue weighted by Gasteiger charge is 2.82. The highest BCUT2D eigenvalue weighted by atomic mass is 28.4. The molecule has 0 aliphatic heterocycles. The Balaban J connectivity index is 6.42. The zero-order valence-corrected chi connectivity index (χ0v) is 20.8. The Kier molecular flexibility index (Phi) is 9.68. The Hall–Kier alpha value is -0.706. The number of alkyl halides is 14. The Morgan fingerprint density at radius 1 is 0.486 bits per heavy atom. The lowest BCUT2D eigenvalue weighted by atomic mass is 10.2.